The first-order valence-corrected chi connectivity index (χ1v) is 14.0. The Morgan fingerprint density at radius 1 is 0.976 bits per heavy atom. The van der Waals surface area contributed by atoms with E-state index in [2.05, 4.69) is 55.4 Å². The van der Waals surface area contributed by atoms with Crippen molar-refractivity contribution in [3.63, 3.8) is 0 Å². The van der Waals surface area contributed by atoms with Gasteiger partial charge in [-0.3, -0.25) is 19.8 Å². The van der Waals surface area contributed by atoms with Gasteiger partial charge in [0.25, 0.3) is 11.2 Å². The monoisotopic (exact) mass is 564 g/mol. The number of hydrogen-bond acceptors (Lipinski definition) is 8. The summed E-state index contributed by atoms with van der Waals surface area (Å²) in [6.45, 7) is 7.32. The highest BCUT2D eigenvalue weighted by Gasteiger charge is 2.33. The lowest BCUT2D eigenvalue weighted by Gasteiger charge is -2.39. The molecular weight excluding hydrogens is 532 g/mol. The van der Waals surface area contributed by atoms with Gasteiger partial charge >= 0.3 is 0 Å². The van der Waals surface area contributed by atoms with E-state index >= 15 is 0 Å². The molecule has 42 heavy (non-hydrogen) atoms. The van der Waals surface area contributed by atoms with E-state index in [1.807, 2.05) is 41.9 Å². The van der Waals surface area contributed by atoms with Gasteiger partial charge in [-0.1, -0.05) is 36.4 Å². The third kappa shape index (κ3) is 5.51. The number of benzene rings is 3. The van der Waals surface area contributed by atoms with E-state index in [-0.39, 0.29) is 11.2 Å². The van der Waals surface area contributed by atoms with Gasteiger partial charge in [0.1, 0.15) is 6.04 Å². The quantitative estimate of drug-likeness (QED) is 0.220. The summed E-state index contributed by atoms with van der Waals surface area (Å²) in [6.07, 6.45) is 0.756. The molecule has 1 aliphatic rings. The first-order chi connectivity index (χ1) is 20.4. The third-order valence-electron chi connectivity index (χ3n) is 8.00. The molecule has 11 heteroatoms. The number of non-ortho nitro benzene ring substituents is 1. The summed E-state index contributed by atoms with van der Waals surface area (Å²) in [7, 11) is 0. The van der Waals surface area contributed by atoms with Crippen LogP contribution in [0.15, 0.2) is 77.6 Å². The maximum atomic E-state index is 13.7. The fraction of sp³-hybridized carbons (Fsp3) is 0.290. The van der Waals surface area contributed by atoms with Gasteiger partial charge in [-0.05, 0) is 71.7 Å². The Bertz CT molecular complexity index is 1770. The molecule has 1 fully saturated rings. The first-order valence-electron chi connectivity index (χ1n) is 14.0. The molecule has 5 aromatic rings. The van der Waals surface area contributed by atoms with E-state index in [1.165, 1.54) is 17.7 Å². The van der Waals surface area contributed by atoms with Gasteiger partial charge in [-0.25, -0.2) is 4.68 Å². The van der Waals surface area contributed by atoms with Crippen LogP contribution in [0.2, 0.25) is 0 Å². The second-order valence-corrected chi connectivity index (χ2v) is 10.8. The molecule has 0 bridgehead atoms. The number of rotatable bonds is 8. The minimum Gasteiger partial charge on any atom is -0.369 e. The molecule has 1 atom stereocenters. The highest BCUT2D eigenvalue weighted by Crippen LogP contribution is 2.30. The van der Waals surface area contributed by atoms with Crippen molar-refractivity contribution in [2.24, 2.45) is 0 Å². The van der Waals surface area contributed by atoms with Gasteiger partial charge in [-0.15, -0.1) is 5.10 Å². The number of nitro groups is 1. The SMILES string of the molecule is Cc1cc(C)c2cc(C(c3nnnn3CCc3ccccc3)N3CCN(c4ccc([N+](=O)[O-])cc4)CC3)c(=O)[nH]c2c1. The fourth-order valence-corrected chi connectivity index (χ4v) is 5.86. The van der Waals surface area contributed by atoms with Crippen molar-refractivity contribution in [2.45, 2.75) is 32.9 Å². The Morgan fingerprint density at radius 2 is 1.71 bits per heavy atom. The van der Waals surface area contributed by atoms with Gasteiger partial charge < -0.3 is 9.88 Å². The number of aryl methyl sites for hydroxylation is 4. The van der Waals surface area contributed by atoms with Crippen LogP contribution in [-0.2, 0) is 13.0 Å². The number of H-pyrrole nitrogens is 1. The average molecular weight is 565 g/mol. The van der Waals surface area contributed by atoms with Gasteiger partial charge in [-0.2, -0.15) is 0 Å². The van der Waals surface area contributed by atoms with Crippen molar-refractivity contribution in [2.75, 3.05) is 31.1 Å². The topological polar surface area (TPSA) is 126 Å². The van der Waals surface area contributed by atoms with Crippen molar-refractivity contribution < 1.29 is 4.92 Å². The summed E-state index contributed by atoms with van der Waals surface area (Å²) in [4.78, 5) is 32.0. The Labute approximate surface area is 242 Å². The van der Waals surface area contributed by atoms with Crippen molar-refractivity contribution in [3.05, 3.63) is 121 Å². The van der Waals surface area contributed by atoms with Gasteiger partial charge in [0.2, 0.25) is 0 Å². The van der Waals surface area contributed by atoms with E-state index in [1.54, 1.807) is 12.1 Å². The molecule has 0 radical (unpaired) electrons. The molecule has 214 valence electrons. The molecule has 1 saturated heterocycles. The molecule has 3 heterocycles. The minimum absolute atomic E-state index is 0.0702. The van der Waals surface area contributed by atoms with Crippen LogP contribution in [0, 0.1) is 24.0 Å². The van der Waals surface area contributed by atoms with Crippen LogP contribution < -0.4 is 10.5 Å². The fourth-order valence-electron chi connectivity index (χ4n) is 5.86. The molecule has 1 N–H and O–H groups in total. The van der Waals surface area contributed by atoms with E-state index in [0.29, 0.717) is 44.1 Å². The van der Waals surface area contributed by atoms with Gasteiger partial charge in [0, 0.05) is 67.0 Å². The summed E-state index contributed by atoms with van der Waals surface area (Å²) >= 11 is 0. The van der Waals surface area contributed by atoms with E-state index < -0.39 is 11.0 Å². The second-order valence-electron chi connectivity index (χ2n) is 10.8. The molecule has 1 unspecified atom stereocenters. The van der Waals surface area contributed by atoms with Crippen molar-refractivity contribution in [3.8, 4) is 0 Å². The molecule has 11 nitrogen and oxygen atoms in total. The lowest BCUT2D eigenvalue weighted by atomic mass is 9.99. The van der Waals surface area contributed by atoms with E-state index in [0.717, 1.165) is 34.1 Å². The predicted octanol–water partition coefficient (Wildman–Crippen LogP) is 4.19. The number of hydrogen-bond donors (Lipinski definition) is 1. The van der Waals surface area contributed by atoms with E-state index in [4.69, 9.17) is 0 Å². The Balaban J connectivity index is 1.34. The summed E-state index contributed by atoms with van der Waals surface area (Å²) in [6, 6.07) is 22.5. The van der Waals surface area contributed by atoms with Crippen molar-refractivity contribution in [1.29, 1.82) is 0 Å². The lowest BCUT2D eigenvalue weighted by molar-refractivity contribution is -0.384. The molecule has 1 aliphatic heterocycles. The smallest absolute Gasteiger partial charge is 0.269 e. The number of aromatic nitrogens is 5. The van der Waals surface area contributed by atoms with Gasteiger partial charge in [0.15, 0.2) is 5.82 Å². The van der Waals surface area contributed by atoms with Crippen LogP contribution in [0.3, 0.4) is 0 Å². The molecule has 6 rings (SSSR count). The molecule has 0 spiro atoms. The van der Waals surface area contributed by atoms with E-state index in [9.17, 15) is 14.9 Å². The molecular formula is C31H32N8O3. The maximum Gasteiger partial charge on any atom is 0.269 e. The van der Waals surface area contributed by atoms with Crippen LogP contribution >= 0.6 is 0 Å². The van der Waals surface area contributed by atoms with Crippen LogP contribution in [0.5, 0.6) is 0 Å². The summed E-state index contributed by atoms with van der Waals surface area (Å²) in [5.74, 6) is 0.629. The standard InChI is InChI=1S/C31H32N8O3/c1-21-18-22(2)26-20-27(31(40)32-28(26)19-21)29(30-33-34-35-38(30)13-12-23-6-4-3-5-7-23)37-16-14-36(15-17-37)24-8-10-25(11-9-24)39(41)42/h3-11,18-20,29H,12-17H2,1-2H3,(H,32,40). The van der Waals surface area contributed by atoms with Crippen LogP contribution in [-0.4, -0.2) is 61.2 Å². The molecule has 0 saturated carbocycles. The second kappa shape index (κ2) is 11.5. The lowest BCUT2D eigenvalue weighted by Crippen LogP contribution is -2.49. The summed E-state index contributed by atoms with van der Waals surface area (Å²) < 4.78 is 1.81. The zero-order valence-corrected chi connectivity index (χ0v) is 23.6. The highest BCUT2D eigenvalue weighted by molar-refractivity contribution is 5.83. The number of nitro benzene ring substituents is 1. The molecule has 0 aliphatic carbocycles. The zero-order valence-electron chi connectivity index (χ0n) is 23.6. The summed E-state index contributed by atoms with van der Waals surface area (Å²) in [5, 5.41) is 24.9. The number of nitrogens with zero attached hydrogens (tertiary/aromatic N) is 7. The zero-order chi connectivity index (χ0) is 29.2. The maximum absolute atomic E-state index is 13.7. The normalized spacial score (nSPS) is 14.8. The van der Waals surface area contributed by atoms with Crippen molar-refractivity contribution >= 4 is 22.3 Å². The molecule has 3 aromatic carbocycles. The number of nitrogens with one attached hydrogen (secondary N) is 1. The predicted molar refractivity (Wildman–Crippen MR) is 161 cm³/mol. The van der Waals surface area contributed by atoms with Crippen LogP contribution in [0.4, 0.5) is 11.4 Å². The Kier molecular flexibility index (Phi) is 7.49. The largest absolute Gasteiger partial charge is 0.369 e. The number of pyridine rings is 1. The van der Waals surface area contributed by atoms with Crippen LogP contribution in [0.1, 0.15) is 34.1 Å². The number of tetrazole rings is 1. The number of piperazine rings is 1. The minimum atomic E-state index is -0.455. The van der Waals surface area contributed by atoms with Crippen molar-refractivity contribution in [1.82, 2.24) is 30.1 Å². The first kappa shape index (κ1) is 27.3. The third-order valence-corrected chi connectivity index (χ3v) is 8.00. The Morgan fingerprint density at radius 3 is 2.43 bits per heavy atom. The van der Waals surface area contributed by atoms with Crippen LogP contribution in [0.25, 0.3) is 10.9 Å². The number of anilines is 1. The Hall–Kier alpha value is -4.90. The number of fused-ring (bicyclic) bond motifs is 1. The molecule has 0 amide bonds. The summed E-state index contributed by atoms with van der Waals surface area (Å²) in [5.41, 5.74) is 5.62. The average Bonchev–Trinajstić information content (AvgIpc) is 3.45. The molecule has 2 aromatic heterocycles. The number of aromatic amines is 1. The highest BCUT2D eigenvalue weighted by atomic mass is 16.6. The van der Waals surface area contributed by atoms with Gasteiger partial charge in [0.05, 0.1) is 4.92 Å².